The van der Waals surface area contributed by atoms with Crippen LogP contribution in [0.3, 0.4) is 0 Å². The fourth-order valence-electron chi connectivity index (χ4n) is 1.03. The Bertz CT molecular complexity index is 267. The van der Waals surface area contributed by atoms with E-state index in [-0.39, 0.29) is 5.60 Å². The number of rotatable bonds is 5. The molecule has 0 aliphatic heterocycles. The van der Waals surface area contributed by atoms with Gasteiger partial charge in [-0.05, 0) is 39.0 Å². The molecule has 15 heavy (non-hydrogen) atoms. The maximum atomic E-state index is 5.37. The lowest BCUT2D eigenvalue weighted by molar-refractivity contribution is -0.0706. The molecule has 3 heteroatoms. The lowest BCUT2D eigenvalue weighted by Gasteiger charge is -2.19. The zero-order chi connectivity index (χ0) is 11.1. The minimum Gasteiger partial charge on any atom is -0.384 e. The Labute approximate surface area is 91.8 Å². The second kappa shape index (κ2) is 5.73. The average molecular weight is 207 g/mol. The van der Waals surface area contributed by atoms with Crippen molar-refractivity contribution >= 4 is 5.69 Å². The largest absolute Gasteiger partial charge is 0.384 e. The van der Waals surface area contributed by atoms with E-state index < -0.39 is 0 Å². The SMILES string of the molecule is CC(C)(C)ONCCNc1c[c]ccc1. The highest BCUT2D eigenvalue weighted by atomic mass is 16.7. The van der Waals surface area contributed by atoms with E-state index in [0.29, 0.717) is 0 Å². The maximum Gasteiger partial charge on any atom is 0.0812 e. The number of hydroxylamine groups is 1. The van der Waals surface area contributed by atoms with Gasteiger partial charge in [0.15, 0.2) is 0 Å². The van der Waals surface area contributed by atoms with Crippen LogP contribution in [0.4, 0.5) is 5.69 Å². The zero-order valence-electron chi connectivity index (χ0n) is 9.63. The molecule has 0 heterocycles. The van der Waals surface area contributed by atoms with Gasteiger partial charge >= 0.3 is 0 Å². The Morgan fingerprint density at radius 1 is 1.33 bits per heavy atom. The summed E-state index contributed by atoms with van der Waals surface area (Å²) in [6, 6.07) is 10.8. The number of hydrogen-bond donors (Lipinski definition) is 2. The lowest BCUT2D eigenvalue weighted by atomic mass is 10.2. The average Bonchev–Trinajstić information content (AvgIpc) is 2.17. The van der Waals surface area contributed by atoms with E-state index in [9.17, 15) is 0 Å². The van der Waals surface area contributed by atoms with Crippen LogP contribution in [-0.2, 0) is 4.84 Å². The first kappa shape index (κ1) is 12.0. The fraction of sp³-hybridized carbons (Fsp3) is 0.500. The molecule has 0 unspecified atom stereocenters. The van der Waals surface area contributed by atoms with Crippen LogP contribution < -0.4 is 10.8 Å². The van der Waals surface area contributed by atoms with Gasteiger partial charge in [0.25, 0.3) is 0 Å². The number of benzene rings is 1. The summed E-state index contributed by atoms with van der Waals surface area (Å²) in [6.45, 7) is 7.64. The summed E-state index contributed by atoms with van der Waals surface area (Å²) >= 11 is 0. The van der Waals surface area contributed by atoms with Crippen molar-refractivity contribution in [2.45, 2.75) is 26.4 Å². The minimum atomic E-state index is -0.138. The number of anilines is 1. The van der Waals surface area contributed by atoms with Crippen molar-refractivity contribution < 1.29 is 4.84 Å². The van der Waals surface area contributed by atoms with Crippen molar-refractivity contribution in [3.8, 4) is 0 Å². The van der Waals surface area contributed by atoms with E-state index in [1.165, 1.54) is 0 Å². The molecule has 0 bridgehead atoms. The summed E-state index contributed by atoms with van der Waals surface area (Å²) in [5.74, 6) is 0. The van der Waals surface area contributed by atoms with Gasteiger partial charge in [-0.15, -0.1) is 0 Å². The highest BCUT2D eigenvalue weighted by molar-refractivity contribution is 5.41. The topological polar surface area (TPSA) is 33.3 Å². The van der Waals surface area contributed by atoms with Gasteiger partial charge in [-0.3, -0.25) is 4.84 Å². The Morgan fingerprint density at radius 3 is 2.73 bits per heavy atom. The number of hydrogen-bond acceptors (Lipinski definition) is 3. The highest BCUT2D eigenvalue weighted by Crippen LogP contribution is 2.04. The fourth-order valence-corrected chi connectivity index (χ4v) is 1.03. The van der Waals surface area contributed by atoms with Gasteiger partial charge in [-0.25, -0.2) is 5.48 Å². The van der Waals surface area contributed by atoms with Crippen molar-refractivity contribution in [1.82, 2.24) is 5.48 Å². The molecule has 0 aliphatic carbocycles. The van der Waals surface area contributed by atoms with Crippen molar-refractivity contribution in [3.63, 3.8) is 0 Å². The van der Waals surface area contributed by atoms with Crippen LogP contribution >= 0.6 is 0 Å². The van der Waals surface area contributed by atoms with Crippen LogP contribution in [0.15, 0.2) is 24.3 Å². The van der Waals surface area contributed by atoms with Gasteiger partial charge in [-0.1, -0.05) is 12.1 Å². The summed E-state index contributed by atoms with van der Waals surface area (Å²) in [6.07, 6.45) is 0. The Kier molecular flexibility index (Phi) is 4.59. The molecule has 1 aromatic rings. The van der Waals surface area contributed by atoms with Gasteiger partial charge < -0.3 is 5.32 Å². The molecule has 1 radical (unpaired) electrons. The monoisotopic (exact) mass is 207 g/mol. The van der Waals surface area contributed by atoms with Gasteiger partial charge in [0.05, 0.1) is 5.60 Å². The molecule has 0 atom stereocenters. The first-order valence-electron chi connectivity index (χ1n) is 5.19. The molecule has 0 saturated heterocycles. The molecule has 2 N–H and O–H groups in total. The van der Waals surface area contributed by atoms with Crippen LogP contribution in [0.1, 0.15) is 20.8 Å². The van der Waals surface area contributed by atoms with Gasteiger partial charge in [0.2, 0.25) is 0 Å². The lowest BCUT2D eigenvalue weighted by Crippen LogP contribution is -2.32. The van der Waals surface area contributed by atoms with Crippen molar-refractivity contribution in [3.05, 3.63) is 30.3 Å². The smallest absolute Gasteiger partial charge is 0.0812 e. The maximum absolute atomic E-state index is 5.37. The Balaban J connectivity index is 2.08. The summed E-state index contributed by atoms with van der Waals surface area (Å²) in [4.78, 5) is 5.37. The first-order chi connectivity index (χ1) is 7.08. The summed E-state index contributed by atoms with van der Waals surface area (Å²) in [5.41, 5.74) is 3.86. The molecule has 1 aromatic carbocycles. The van der Waals surface area contributed by atoms with Gasteiger partial charge in [0.1, 0.15) is 0 Å². The number of nitrogens with one attached hydrogen (secondary N) is 2. The quantitative estimate of drug-likeness (QED) is 0.573. The van der Waals surface area contributed by atoms with E-state index >= 15 is 0 Å². The predicted molar refractivity (Wildman–Crippen MR) is 62.6 cm³/mol. The standard InChI is InChI=1S/C12H19N2O/c1-12(2,3)15-14-10-9-13-11-7-5-4-6-8-11/h4-5,7-8,13-14H,9-10H2,1-3H3. The van der Waals surface area contributed by atoms with Crippen LogP contribution in [-0.4, -0.2) is 18.7 Å². The molecule has 0 saturated carbocycles. The second-order valence-electron chi connectivity index (χ2n) is 4.33. The van der Waals surface area contributed by atoms with E-state index in [1.54, 1.807) is 0 Å². The highest BCUT2D eigenvalue weighted by Gasteiger charge is 2.08. The summed E-state index contributed by atoms with van der Waals surface area (Å²) in [5, 5.41) is 3.26. The molecule has 83 valence electrons. The second-order valence-corrected chi connectivity index (χ2v) is 4.33. The zero-order valence-corrected chi connectivity index (χ0v) is 9.63. The molecule has 3 nitrogen and oxygen atoms in total. The van der Waals surface area contributed by atoms with E-state index in [4.69, 9.17) is 4.84 Å². The van der Waals surface area contributed by atoms with E-state index in [1.807, 2.05) is 45.0 Å². The summed E-state index contributed by atoms with van der Waals surface area (Å²) in [7, 11) is 0. The van der Waals surface area contributed by atoms with Crippen LogP contribution in [0.5, 0.6) is 0 Å². The van der Waals surface area contributed by atoms with Crippen LogP contribution in [0.25, 0.3) is 0 Å². The van der Waals surface area contributed by atoms with E-state index in [0.717, 1.165) is 18.8 Å². The molecule has 0 fully saturated rings. The normalized spacial score (nSPS) is 11.4. The van der Waals surface area contributed by atoms with Gasteiger partial charge in [0, 0.05) is 18.8 Å². The third kappa shape index (κ3) is 6.10. The Morgan fingerprint density at radius 2 is 2.13 bits per heavy atom. The third-order valence-electron chi connectivity index (χ3n) is 1.64. The molecular formula is C12H19N2O. The molecule has 0 aliphatic rings. The van der Waals surface area contributed by atoms with Crippen LogP contribution in [0, 0.1) is 6.07 Å². The third-order valence-corrected chi connectivity index (χ3v) is 1.64. The predicted octanol–water partition coefficient (Wildman–Crippen LogP) is 2.22. The minimum absolute atomic E-state index is 0.138. The van der Waals surface area contributed by atoms with E-state index in [2.05, 4.69) is 16.9 Å². The molecule has 0 aromatic heterocycles. The van der Waals surface area contributed by atoms with Crippen molar-refractivity contribution in [1.29, 1.82) is 0 Å². The van der Waals surface area contributed by atoms with Crippen LogP contribution in [0.2, 0.25) is 0 Å². The molecular weight excluding hydrogens is 188 g/mol. The molecule has 0 amide bonds. The Hall–Kier alpha value is -1.06. The van der Waals surface area contributed by atoms with Crippen molar-refractivity contribution in [2.24, 2.45) is 0 Å². The summed E-state index contributed by atoms with van der Waals surface area (Å²) < 4.78 is 0. The van der Waals surface area contributed by atoms with Crippen molar-refractivity contribution in [2.75, 3.05) is 18.4 Å². The molecule has 0 spiro atoms. The van der Waals surface area contributed by atoms with Gasteiger partial charge in [-0.2, -0.15) is 0 Å². The first-order valence-corrected chi connectivity index (χ1v) is 5.19. The molecule has 1 rings (SSSR count).